The van der Waals surface area contributed by atoms with E-state index in [1.54, 1.807) is 0 Å². The predicted molar refractivity (Wildman–Crippen MR) is 97.0 cm³/mol. The number of hydrogen-bond acceptors (Lipinski definition) is 6. The summed E-state index contributed by atoms with van der Waals surface area (Å²) in [6, 6.07) is 10.1. The lowest BCUT2D eigenvalue weighted by molar-refractivity contribution is 0.0398. The van der Waals surface area contributed by atoms with E-state index in [0.717, 1.165) is 56.6 Å². The number of aryl methyl sites for hydroxylation is 2. The first-order chi connectivity index (χ1) is 11.7. The molecule has 1 aromatic carbocycles. The van der Waals surface area contributed by atoms with Gasteiger partial charge in [-0.2, -0.15) is 4.98 Å². The normalized spacial score (nSPS) is 15.2. The Kier molecular flexibility index (Phi) is 5.61. The molecule has 2 heterocycles. The van der Waals surface area contributed by atoms with Crippen LogP contribution in [0.3, 0.4) is 0 Å². The minimum atomic E-state index is 0.666. The van der Waals surface area contributed by atoms with Crippen LogP contribution in [0.15, 0.2) is 30.3 Å². The molecule has 2 aromatic rings. The first-order valence-corrected chi connectivity index (χ1v) is 8.43. The van der Waals surface area contributed by atoms with E-state index in [1.807, 2.05) is 25.1 Å². The molecule has 1 fully saturated rings. The van der Waals surface area contributed by atoms with Gasteiger partial charge in [0.05, 0.1) is 13.2 Å². The SMILES string of the molecule is Cc1cc(Nc2ccccc2C)nc(NCCN2CCOCC2)n1. The maximum absolute atomic E-state index is 5.37. The van der Waals surface area contributed by atoms with Crippen molar-refractivity contribution >= 4 is 17.5 Å². The van der Waals surface area contributed by atoms with Crippen molar-refractivity contribution in [1.29, 1.82) is 0 Å². The van der Waals surface area contributed by atoms with Crippen LogP contribution >= 0.6 is 0 Å². The topological polar surface area (TPSA) is 62.3 Å². The Bertz CT molecular complexity index is 670. The average Bonchev–Trinajstić information content (AvgIpc) is 2.57. The van der Waals surface area contributed by atoms with Crippen LogP contribution in [0.1, 0.15) is 11.3 Å². The van der Waals surface area contributed by atoms with Crippen molar-refractivity contribution in [3.05, 3.63) is 41.6 Å². The Morgan fingerprint density at radius 1 is 1.12 bits per heavy atom. The van der Waals surface area contributed by atoms with Crippen LogP contribution in [-0.4, -0.2) is 54.3 Å². The first kappa shape index (κ1) is 16.7. The predicted octanol–water partition coefficient (Wildman–Crippen LogP) is 2.58. The fraction of sp³-hybridized carbons (Fsp3) is 0.444. The highest BCUT2D eigenvalue weighted by Gasteiger charge is 2.10. The standard InChI is InChI=1S/C18H25N5O/c1-14-5-3-4-6-16(14)21-17-13-15(2)20-18(22-17)19-7-8-23-9-11-24-12-10-23/h3-6,13H,7-12H2,1-2H3,(H2,19,20,21,22). The number of nitrogens with one attached hydrogen (secondary N) is 2. The second kappa shape index (κ2) is 8.08. The number of benzene rings is 1. The van der Waals surface area contributed by atoms with Crippen LogP contribution in [0.25, 0.3) is 0 Å². The van der Waals surface area contributed by atoms with Gasteiger partial charge in [0.2, 0.25) is 5.95 Å². The third kappa shape index (κ3) is 4.66. The van der Waals surface area contributed by atoms with E-state index in [1.165, 1.54) is 5.56 Å². The molecule has 0 aliphatic carbocycles. The van der Waals surface area contributed by atoms with E-state index in [9.17, 15) is 0 Å². The molecule has 1 aliphatic rings. The molecule has 6 nitrogen and oxygen atoms in total. The summed E-state index contributed by atoms with van der Waals surface area (Å²) in [5, 5.41) is 6.70. The van der Waals surface area contributed by atoms with Gasteiger partial charge < -0.3 is 15.4 Å². The van der Waals surface area contributed by atoms with E-state index < -0.39 is 0 Å². The third-order valence-corrected chi connectivity index (χ3v) is 4.08. The number of rotatable bonds is 6. The van der Waals surface area contributed by atoms with E-state index in [0.29, 0.717) is 5.95 Å². The minimum absolute atomic E-state index is 0.666. The fourth-order valence-electron chi connectivity index (χ4n) is 2.71. The van der Waals surface area contributed by atoms with Crippen LogP contribution in [-0.2, 0) is 4.74 Å². The molecule has 1 saturated heterocycles. The van der Waals surface area contributed by atoms with Crippen LogP contribution in [0.4, 0.5) is 17.5 Å². The summed E-state index contributed by atoms with van der Waals surface area (Å²) in [5.74, 6) is 1.48. The summed E-state index contributed by atoms with van der Waals surface area (Å²) in [4.78, 5) is 11.4. The molecule has 0 amide bonds. The molecule has 0 bridgehead atoms. The van der Waals surface area contributed by atoms with Gasteiger partial charge in [0, 0.05) is 43.6 Å². The van der Waals surface area contributed by atoms with Gasteiger partial charge in [-0.1, -0.05) is 18.2 Å². The molecule has 1 aliphatic heterocycles. The Morgan fingerprint density at radius 3 is 2.71 bits per heavy atom. The van der Waals surface area contributed by atoms with Crippen LogP contribution in [0, 0.1) is 13.8 Å². The molecule has 2 N–H and O–H groups in total. The molecule has 0 atom stereocenters. The van der Waals surface area contributed by atoms with Gasteiger partial charge in [-0.15, -0.1) is 0 Å². The second-order valence-electron chi connectivity index (χ2n) is 6.04. The van der Waals surface area contributed by atoms with Gasteiger partial charge in [-0.05, 0) is 25.5 Å². The van der Waals surface area contributed by atoms with Gasteiger partial charge in [0.1, 0.15) is 5.82 Å². The number of hydrogen-bond donors (Lipinski definition) is 2. The van der Waals surface area contributed by atoms with Crippen molar-refractivity contribution in [2.24, 2.45) is 0 Å². The van der Waals surface area contributed by atoms with Crippen LogP contribution in [0.5, 0.6) is 0 Å². The van der Waals surface area contributed by atoms with Crippen molar-refractivity contribution in [1.82, 2.24) is 14.9 Å². The van der Waals surface area contributed by atoms with E-state index in [2.05, 4.69) is 44.6 Å². The van der Waals surface area contributed by atoms with E-state index in [4.69, 9.17) is 4.74 Å². The molecule has 0 radical (unpaired) electrons. The number of ether oxygens (including phenoxy) is 1. The average molecular weight is 327 g/mol. The Balaban J connectivity index is 1.60. The summed E-state index contributed by atoms with van der Waals surface area (Å²) in [5.41, 5.74) is 3.19. The van der Waals surface area contributed by atoms with Gasteiger partial charge in [-0.25, -0.2) is 4.98 Å². The molecule has 0 unspecified atom stereocenters. The monoisotopic (exact) mass is 327 g/mol. The highest BCUT2D eigenvalue weighted by molar-refractivity contribution is 5.61. The Labute approximate surface area is 143 Å². The zero-order valence-corrected chi connectivity index (χ0v) is 14.4. The largest absolute Gasteiger partial charge is 0.379 e. The molecule has 128 valence electrons. The van der Waals surface area contributed by atoms with E-state index >= 15 is 0 Å². The molecule has 1 aromatic heterocycles. The van der Waals surface area contributed by atoms with Crippen molar-refractivity contribution in [2.75, 3.05) is 50.0 Å². The molecule has 0 saturated carbocycles. The van der Waals surface area contributed by atoms with Crippen molar-refractivity contribution < 1.29 is 4.74 Å². The van der Waals surface area contributed by atoms with Crippen LogP contribution < -0.4 is 10.6 Å². The van der Waals surface area contributed by atoms with Gasteiger partial charge in [0.25, 0.3) is 0 Å². The zero-order chi connectivity index (χ0) is 16.8. The number of nitrogens with zero attached hydrogens (tertiary/aromatic N) is 3. The molecule has 3 rings (SSSR count). The molecule has 6 heteroatoms. The molecular formula is C18H25N5O. The molecular weight excluding hydrogens is 302 g/mol. The molecule has 0 spiro atoms. The van der Waals surface area contributed by atoms with Crippen molar-refractivity contribution in [3.63, 3.8) is 0 Å². The number of aromatic nitrogens is 2. The number of para-hydroxylation sites is 1. The first-order valence-electron chi connectivity index (χ1n) is 8.43. The Morgan fingerprint density at radius 2 is 1.92 bits per heavy atom. The lowest BCUT2D eigenvalue weighted by Crippen LogP contribution is -2.39. The maximum Gasteiger partial charge on any atom is 0.224 e. The number of anilines is 3. The van der Waals surface area contributed by atoms with Gasteiger partial charge in [0.15, 0.2) is 0 Å². The highest BCUT2D eigenvalue weighted by Crippen LogP contribution is 2.19. The minimum Gasteiger partial charge on any atom is -0.379 e. The smallest absolute Gasteiger partial charge is 0.224 e. The Hall–Kier alpha value is -2.18. The third-order valence-electron chi connectivity index (χ3n) is 4.08. The maximum atomic E-state index is 5.37. The summed E-state index contributed by atoms with van der Waals surface area (Å²) < 4.78 is 5.37. The summed E-state index contributed by atoms with van der Waals surface area (Å²) in [7, 11) is 0. The summed E-state index contributed by atoms with van der Waals surface area (Å²) >= 11 is 0. The van der Waals surface area contributed by atoms with Gasteiger partial charge in [-0.3, -0.25) is 4.90 Å². The lowest BCUT2D eigenvalue weighted by atomic mass is 10.2. The van der Waals surface area contributed by atoms with Crippen LogP contribution in [0.2, 0.25) is 0 Å². The number of morpholine rings is 1. The van der Waals surface area contributed by atoms with Gasteiger partial charge >= 0.3 is 0 Å². The quantitative estimate of drug-likeness (QED) is 0.850. The fourth-order valence-corrected chi connectivity index (χ4v) is 2.71. The van der Waals surface area contributed by atoms with Crippen molar-refractivity contribution in [2.45, 2.75) is 13.8 Å². The summed E-state index contributed by atoms with van der Waals surface area (Å²) in [6.45, 7) is 9.51. The zero-order valence-electron chi connectivity index (χ0n) is 14.4. The van der Waals surface area contributed by atoms with E-state index in [-0.39, 0.29) is 0 Å². The highest BCUT2D eigenvalue weighted by atomic mass is 16.5. The lowest BCUT2D eigenvalue weighted by Gasteiger charge is -2.26. The molecule has 24 heavy (non-hydrogen) atoms. The van der Waals surface area contributed by atoms with Crippen molar-refractivity contribution in [3.8, 4) is 0 Å². The summed E-state index contributed by atoms with van der Waals surface area (Å²) in [6.07, 6.45) is 0. The second-order valence-corrected chi connectivity index (χ2v) is 6.04.